The summed E-state index contributed by atoms with van der Waals surface area (Å²) < 4.78 is 4.86. The Morgan fingerprint density at radius 1 is 0.523 bits per heavy atom. The molecular formula is C39H33N5. The maximum Gasteiger partial charge on any atom is 0.150 e. The van der Waals surface area contributed by atoms with Gasteiger partial charge in [0.15, 0.2) is 5.82 Å². The second-order valence-electron chi connectivity index (χ2n) is 11.4. The predicted molar refractivity (Wildman–Crippen MR) is 182 cm³/mol. The van der Waals surface area contributed by atoms with Crippen LogP contribution in [0.5, 0.6) is 0 Å². The van der Waals surface area contributed by atoms with Gasteiger partial charge in [-0.05, 0) is 48.2 Å². The first-order valence-electron chi connectivity index (χ1n) is 15.4. The van der Waals surface area contributed by atoms with Gasteiger partial charge in [0.25, 0.3) is 0 Å². The Morgan fingerprint density at radius 3 is 1.84 bits per heavy atom. The number of rotatable bonds is 9. The summed E-state index contributed by atoms with van der Waals surface area (Å²) in [6.45, 7) is 2.27. The van der Waals surface area contributed by atoms with Crippen molar-refractivity contribution in [2.24, 2.45) is 0 Å². The molecule has 0 radical (unpaired) electrons. The number of nitrogens with zero attached hydrogens (tertiary/aromatic N) is 4. The van der Waals surface area contributed by atoms with Crippen molar-refractivity contribution in [1.29, 1.82) is 0 Å². The topological polar surface area (TPSA) is 47.7 Å². The first-order chi connectivity index (χ1) is 21.8. The Morgan fingerprint density at radius 2 is 1.11 bits per heavy atom. The highest BCUT2D eigenvalue weighted by atomic mass is 15.1. The van der Waals surface area contributed by atoms with E-state index in [1.54, 1.807) is 0 Å². The van der Waals surface area contributed by atoms with Crippen molar-refractivity contribution in [2.75, 3.05) is 5.32 Å². The summed E-state index contributed by atoms with van der Waals surface area (Å²) in [6.07, 6.45) is 5.96. The van der Waals surface area contributed by atoms with Gasteiger partial charge in [0.1, 0.15) is 0 Å². The van der Waals surface area contributed by atoms with Gasteiger partial charge in [-0.2, -0.15) is 0 Å². The molecule has 0 spiro atoms. The van der Waals surface area contributed by atoms with E-state index in [-0.39, 0.29) is 0 Å². The van der Waals surface area contributed by atoms with Crippen molar-refractivity contribution in [2.45, 2.75) is 32.5 Å². The lowest BCUT2D eigenvalue weighted by Crippen LogP contribution is -2.09. The van der Waals surface area contributed by atoms with Gasteiger partial charge < -0.3 is 14.5 Å². The molecule has 0 saturated carbocycles. The Hall–Kier alpha value is -5.42. The number of benzene rings is 4. The van der Waals surface area contributed by atoms with E-state index in [0.29, 0.717) is 6.54 Å². The third-order valence-electron chi connectivity index (χ3n) is 8.73. The third kappa shape index (κ3) is 4.67. The van der Waals surface area contributed by atoms with Crippen LogP contribution in [0.4, 0.5) is 5.82 Å². The fourth-order valence-corrected chi connectivity index (χ4v) is 6.75. The number of aryl methyl sites for hydroxylation is 2. The fourth-order valence-electron chi connectivity index (χ4n) is 6.75. The largest absolute Gasteiger partial charge is 0.363 e. The van der Waals surface area contributed by atoms with Crippen molar-refractivity contribution in [3.63, 3.8) is 0 Å². The van der Waals surface area contributed by atoms with E-state index < -0.39 is 0 Å². The highest BCUT2D eigenvalue weighted by Crippen LogP contribution is 2.35. The van der Waals surface area contributed by atoms with E-state index in [1.807, 2.05) is 12.4 Å². The molecule has 4 heterocycles. The number of aromatic nitrogens is 4. The van der Waals surface area contributed by atoms with Crippen LogP contribution in [0.15, 0.2) is 134 Å². The van der Waals surface area contributed by atoms with Crippen LogP contribution in [-0.2, 0) is 26.1 Å². The Labute approximate surface area is 256 Å². The number of pyridine rings is 2. The van der Waals surface area contributed by atoms with Crippen molar-refractivity contribution in [1.82, 2.24) is 19.1 Å². The molecule has 0 aliphatic heterocycles. The van der Waals surface area contributed by atoms with Crippen molar-refractivity contribution >= 4 is 49.4 Å². The van der Waals surface area contributed by atoms with E-state index >= 15 is 0 Å². The average Bonchev–Trinajstić information content (AvgIpc) is 3.58. The molecule has 44 heavy (non-hydrogen) atoms. The quantitative estimate of drug-likeness (QED) is 0.188. The molecule has 0 amide bonds. The first-order valence-corrected chi connectivity index (χ1v) is 15.4. The molecular weight excluding hydrogens is 538 g/mol. The normalized spacial score (nSPS) is 11.6. The van der Waals surface area contributed by atoms with Crippen LogP contribution in [0.3, 0.4) is 0 Å². The number of hydrogen-bond donors (Lipinski definition) is 1. The van der Waals surface area contributed by atoms with Crippen LogP contribution in [-0.4, -0.2) is 19.1 Å². The van der Waals surface area contributed by atoms with Crippen molar-refractivity contribution in [3.8, 4) is 0 Å². The zero-order valence-electron chi connectivity index (χ0n) is 24.5. The van der Waals surface area contributed by atoms with E-state index in [2.05, 4.69) is 136 Å². The zero-order valence-corrected chi connectivity index (χ0v) is 24.5. The van der Waals surface area contributed by atoms with Gasteiger partial charge in [-0.25, -0.2) is 4.98 Å². The van der Waals surface area contributed by atoms with Gasteiger partial charge in [0, 0.05) is 58.1 Å². The van der Waals surface area contributed by atoms with Crippen LogP contribution in [0.2, 0.25) is 0 Å². The highest BCUT2D eigenvalue weighted by Gasteiger charge is 2.18. The zero-order chi connectivity index (χ0) is 29.3. The molecule has 4 aromatic heterocycles. The molecule has 8 rings (SSSR count). The minimum atomic E-state index is 0.575. The standard InChI is InChI=1S/C39H33N5/c1-3-12-28(13-4-1)16-11-25-43-35-19-9-7-17-30(35)32-21-23-40-34(37(32)43)26-42-39-38-33(22-24-41-39)31-18-8-10-20-36(31)44(38)27-29-14-5-2-6-15-29/h1-10,12-15,17-24H,11,16,25-27H2,(H,41,42). The summed E-state index contributed by atoms with van der Waals surface area (Å²) in [5, 5.41) is 8.69. The van der Waals surface area contributed by atoms with E-state index in [0.717, 1.165) is 43.0 Å². The van der Waals surface area contributed by atoms with Crippen molar-refractivity contribution < 1.29 is 0 Å². The van der Waals surface area contributed by atoms with Gasteiger partial charge in [-0.3, -0.25) is 4.98 Å². The number of hydrogen-bond acceptors (Lipinski definition) is 3. The fraction of sp³-hybridized carbons (Fsp3) is 0.128. The third-order valence-corrected chi connectivity index (χ3v) is 8.73. The summed E-state index contributed by atoms with van der Waals surface area (Å²) in [5.74, 6) is 0.875. The first kappa shape index (κ1) is 26.2. The van der Waals surface area contributed by atoms with E-state index in [1.165, 1.54) is 49.2 Å². The van der Waals surface area contributed by atoms with Crippen LogP contribution in [0, 0.1) is 0 Å². The molecule has 0 aliphatic rings. The number of fused-ring (bicyclic) bond motifs is 6. The van der Waals surface area contributed by atoms with Crippen LogP contribution in [0.25, 0.3) is 43.6 Å². The lowest BCUT2D eigenvalue weighted by Gasteiger charge is -2.14. The summed E-state index contributed by atoms with van der Waals surface area (Å²) in [5.41, 5.74) is 8.45. The van der Waals surface area contributed by atoms with Gasteiger partial charge in [-0.1, -0.05) is 97.1 Å². The minimum Gasteiger partial charge on any atom is -0.363 e. The summed E-state index contributed by atoms with van der Waals surface area (Å²) in [4.78, 5) is 9.82. The van der Waals surface area contributed by atoms with Crippen LogP contribution < -0.4 is 5.32 Å². The van der Waals surface area contributed by atoms with Crippen LogP contribution >= 0.6 is 0 Å². The monoisotopic (exact) mass is 571 g/mol. The van der Waals surface area contributed by atoms with Gasteiger partial charge in [0.2, 0.25) is 0 Å². The summed E-state index contributed by atoms with van der Waals surface area (Å²) >= 11 is 0. The second-order valence-corrected chi connectivity index (χ2v) is 11.4. The maximum absolute atomic E-state index is 4.94. The molecule has 0 unspecified atom stereocenters. The molecule has 8 aromatic rings. The smallest absolute Gasteiger partial charge is 0.150 e. The molecule has 0 aliphatic carbocycles. The number of nitrogens with one attached hydrogen (secondary N) is 1. The Bertz CT molecular complexity index is 2230. The lowest BCUT2D eigenvalue weighted by molar-refractivity contribution is 0.675. The molecule has 0 fully saturated rings. The number of anilines is 1. The van der Waals surface area contributed by atoms with Gasteiger partial charge >= 0.3 is 0 Å². The Kier molecular flexibility index (Phi) is 6.76. The van der Waals surface area contributed by atoms with E-state index in [4.69, 9.17) is 9.97 Å². The van der Waals surface area contributed by atoms with Gasteiger partial charge in [0.05, 0.1) is 23.3 Å². The molecule has 5 heteroatoms. The van der Waals surface area contributed by atoms with Gasteiger partial charge in [-0.15, -0.1) is 0 Å². The second kappa shape index (κ2) is 11.3. The molecule has 0 atom stereocenters. The van der Waals surface area contributed by atoms with E-state index in [9.17, 15) is 0 Å². The highest BCUT2D eigenvalue weighted by molar-refractivity contribution is 6.11. The molecule has 5 nitrogen and oxygen atoms in total. The summed E-state index contributed by atoms with van der Waals surface area (Å²) in [6, 6.07) is 43.1. The van der Waals surface area contributed by atoms with Crippen molar-refractivity contribution in [3.05, 3.63) is 151 Å². The minimum absolute atomic E-state index is 0.575. The lowest BCUT2D eigenvalue weighted by atomic mass is 10.1. The molecule has 214 valence electrons. The Balaban J connectivity index is 1.19. The predicted octanol–water partition coefficient (Wildman–Crippen LogP) is 8.99. The average molecular weight is 572 g/mol. The SMILES string of the molecule is c1ccc(CCCn2c3ccccc3c3ccnc(CNc4nccc5c6ccccc6n(Cc6ccccc6)c45)c32)cc1. The molecule has 1 N–H and O–H groups in total. The summed E-state index contributed by atoms with van der Waals surface area (Å²) in [7, 11) is 0. The molecule has 0 bridgehead atoms. The van der Waals surface area contributed by atoms with Crippen LogP contribution in [0.1, 0.15) is 23.2 Å². The number of para-hydroxylation sites is 2. The maximum atomic E-state index is 4.94. The molecule has 0 saturated heterocycles. The molecule has 4 aromatic carbocycles.